The highest BCUT2D eigenvalue weighted by Gasteiger charge is 2.35. The maximum absolute atomic E-state index is 14.5. The highest BCUT2D eigenvalue weighted by Crippen LogP contribution is 2.35. The van der Waals surface area contributed by atoms with E-state index >= 15 is 0 Å². The summed E-state index contributed by atoms with van der Waals surface area (Å²) in [5.41, 5.74) is 0.791. The van der Waals surface area contributed by atoms with E-state index in [4.69, 9.17) is 4.74 Å². The van der Waals surface area contributed by atoms with Gasteiger partial charge in [-0.05, 0) is 38.0 Å². The molecule has 148 valence electrons. The first kappa shape index (κ1) is 18.5. The number of urea groups is 1. The van der Waals surface area contributed by atoms with E-state index in [1.807, 2.05) is 6.92 Å². The maximum Gasteiger partial charge on any atom is 0.323 e. The topological polar surface area (TPSA) is 101 Å². The van der Waals surface area contributed by atoms with Crippen molar-refractivity contribution in [3.8, 4) is 11.5 Å². The van der Waals surface area contributed by atoms with Crippen LogP contribution in [0.2, 0.25) is 0 Å². The first-order valence-electron chi connectivity index (χ1n) is 8.90. The number of aromatic nitrogens is 1. The minimum atomic E-state index is -3.47. The van der Waals surface area contributed by atoms with E-state index in [1.165, 1.54) is 18.3 Å². The van der Waals surface area contributed by atoms with Crippen LogP contribution in [0.15, 0.2) is 30.5 Å². The zero-order chi connectivity index (χ0) is 19.9. The molecule has 1 aliphatic carbocycles. The van der Waals surface area contributed by atoms with Crippen molar-refractivity contribution in [2.24, 2.45) is 0 Å². The molecule has 1 aliphatic heterocycles. The van der Waals surface area contributed by atoms with Gasteiger partial charge in [-0.15, -0.1) is 0 Å². The van der Waals surface area contributed by atoms with Crippen LogP contribution in [0.3, 0.4) is 0 Å². The molecule has 0 unspecified atom stereocenters. The predicted octanol–water partition coefficient (Wildman–Crippen LogP) is 3.28. The Labute approximate surface area is 161 Å². The van der Waals surface area contributed by atoms with Crippen LogP contribution in [0.1, 0.15) is 25.3 Å². The lowest BCUT2D eigenvalue weighted by Gasteiger charge is -2.28. The van der Waals surface area contributed by atoms with Gasteiger partial charge in [0.05, 0.1) is 23.0 Å². The van der Waals surface area contributed by atoms with Crippen molar-refractivity contribution in [1.29, 1.82) is 0 Å². The lowest BCUT2D eigenvalue weighted by molar-refractivity contribution is 0.209. The van der Waals surface area contributed by atoms with Gasteiger partial charge in [0.15, 0.2) is 11.6 Å². The molecule has 0 radical (unpaired) electrons. The number of hydrogen-bond donors (Lipinski definition) is 2. The number of carbonyl (C=O) groups is 1. The number of amides is 2. The second kappa shape index (κ2) is 6.93. The molecule has 0 bridgehead atoms. The molecule has 0 saturated heterocycles. The van der Waals surface area contributed by atoms with Crippen LogP contribution in [-0.2, 0) is 16.6 Å². The van der Waals surface area contributed by atoms with Crippen molar-refractivity contribution in [3.05, 3.63) is 41.8 Å². The fourth-order valence-electron chi connectivity index (χ4n) is 2.92. The van der Waals surface area contributed by atoms with E-state index in [-0.39, 0.29) is 17.5 Å². The molecule has 2 heterocycles. The number of ether oxygens (including phenoxy) is 1. The fraction of sp³-hybridized carbons (Fsp3) is 0.333. The van der Waals surface area contributed by atoms with Gasteiger partial charge >= 0.3 is 6.03 Å². The Morgan fingerprint density at radius 1 is 1.32 bits per heavy atom. The third-order valence-corrected chi connectivity index (χ3v) is 6.50. The van der Waals surface area contributed by atoms with Gasteiger partial charge < -0.3 is 9.64 Å². The Balaban J connectivity index is 1.57. The minimum absolute atomic E-state index is 0.0530. The number of nitrogens with one attached hydrogen (secondary N) is 2. The van der Waals surface area contributed by atoms with Crippen LogP contribution in [0, 0.1) is 5.82 Å². The monoisotopic (exact) mass is 406 g/mol. The minimum Gasteiger partial charge on any atom is -0.454 e. The fourth-order valence-corrected chi connectivity index (χ4v) is 4.30. The highest BCUT2D eigenvalue weighted by atomic mass is 32.2. The van der Waals surface area contributed by atoms with Crippen LogP contribution in [0.4, 0.5) is 20.7 Å². The molecule has 2 aliphatic rings. The molecule has 4 rings (SSSR count). The highest BCUT2D eigenvalue weighted by molar-refractivity contribution is 7.93. The van der Waals surface area contributed by atoms with Gasteiger partial charge in [-0.3, -0.25) is 10.0 Å². The summed E-state index contributed by atoms with van der Waals surface area (Å²) in [5.74, 6) is -0.00782. The number of carbonyl (C=O) groups excluding carboxylic acids is 1. The lowest BCUT2D eigenvalue weighted by Crippen LogP contribution is -2.38. The number of halogens is 1. The number of sulfonamides is 1. The van der Waals surface area contributed by atoms with Crippen LogP contribution in [0.5, 0.6) is 11.5 Å². The Morgan fingerprint density at radius 2 is 2.11 bits per heavy atom. The summed E-state index contributed by atoms with van der Waals surface area (Å²) in [5, 5.41) is 2.28. The molecule has 2 amide bonds. The Bertz CT molecular complexity index is 1040. The third-order valence-electron chi connectivity index (χ3n) is 4.63. The molecule has 8 nitrogen and oxygen atoms in total. The zero-order valence-electron chi connectivity index (χ0n) is 15.1. The SMILES string of the molecule is CCN1Cc2c(Oc3ccc(NS(=O)(=O)C4CC4)cc3F)ccnc2NC1=O. The molecule has 1 saturated carbocycles. The average molecular weight is 406 g/mol. The van der Waals surface area contributed by atoms with Crippen molar-refractivity contribution >= 4 is 27.6 Å². The molecule has 2 aromatic rings. The molecule has 0 atom stereocenters. The summed E-state index contributed by atoms with van der Waals surface area (Å²) in [6.07, 6.45) is 2.71. The summed E-state index contributed by atoms with van der Waals surface area (Å²) in [7, 11) is -3.47. The van der Waals surface area contributed by atoms with E-state index in [1.54, 1.807) is 11.0 Å². The van der Waals surface area contributed by atoms with Crippen LogP contribution < -0.4 is 14.8 Å². The molecule has 1 fully saturated rings. The summed E-state index contributed by atoms with van der Waals surface area (Å²) in [4.78, 5) is 17.6. The molecule has 1 aromatic carbocycles. The van der Waals surface area contributed by atoms with Crippen molar-refractivity contribution in [3.63, 3.8) is 0 Å². The standard InChI is InChI=1S/C18H19FN4O4S/c1-2-23-10-13-15(7-8-20-17(13)21-18(23)24)27-16-6-3-11(9-14(16)19)22-28(25,26)12-4-5-12/h3,6-9,12,22H,2,4-5,10H2,1H3,(H,20,21,24). The number of rotatable bonds is 6. The summed E-state index contributed by atoms with van der Waals surface area (Å²) < 4.78 is 46.6. The molecule has 1 aromatic heterocycles. The van der Waals surface area contributed by atoms with Gasteiger partial charge in [-0.2, -0.15) is 0 Å². The molecule has 10 heteroatoms. The van der Waals surface area contributed by atoms with Gasteiger partial charge in [0.1, 0.15) is 11.6 Å². The van der Waals surface area contributed by atoms with Gasteiger partial charge in [0.2, 0.25) is 10.0 Å². The largest absolute Gasteiger partial charge is 0.454 e. The number of nitrogens with zero attached hydrogens (tertiary/aromatic N) is 2. The average Bonchev–Trinajstić information content (AvgIpc) is 3.49. The predicted molar refractivity (Wildman–Crippen MR) is 101 cm³/mol. The van der Waals surface area contributed by atoms with Crippen LogP contribution in [0.25, 0.3) is 0 Å². The second-order valence-electron chi connectivity index (χ2n) is 6.67. The van der Waals surface area contributed by atoms with Crippen molar-refractivity contribution in [2.75, 3.05) is 16.6 Å². The van der Waals surface area contributed by atoms with E-state index < -0.39 is 21.1 Å². The van der Waals surface area contributed by atoms with Gasteiger partial charge in [-0.25, -0.2) is 22.6 Å². The van der Waals surface area contributed by atoms with Crippen molar-refractivity contribution < 1.29 is 22.3 Å². The van der Waals surface area contributed by atoms with Crippen molar-refractivity contribution in [1.82, 2.24) is 9.88 Å². The molecular weight excluding hydrogens is 387 g/mol. The van der Waals surface area contributed by atoms with E-state index in [9.17, 15) is 17.6 Å². The van der Waals surface area contributed by atoms with Gasteiger partial charge in [-0.1, -0.05) is 0 Å². The zero-order valence-corrected chi connectivity index (χ0v) is 15.9. The van der Waals surface area contributed by atoms with Crippen molar-refractivity contribution in [2.45, 2.75) is 31.6 Å². The molecule has 28 heavy (non-hydrogen) atoms. The van der Waals surface area contributed by atoms with Crippen LogP contribution in [-0.4, -0.2) is 36.1 Å². The Kier molecular flexibility index (Phi) is 4.58. The smallest absolute Gasteiger partial charge is 0.323 e. The Morgan fingerprint density at radius 3 is 2.79 bits per heavy atom. The number of pyridine rings is 1. The lowest BCUT2D eigenvalue weighted by atomic mass is 10.2. The first-order chi connectivity index (χ1) is 13.4. The Hall–Kier alpha value is -2.88. The van der Waals surface area contributed by atoms with Gasteiger partial charge in [0.25, 0.3) is 0 Å². The molecule has 0 spiro atoms. The first-order valence-corrected chi connectivity index (χ1v) is 10.4. The van der Waals surface area contributed by atoms with Gasteiger partial charge in [0, 0.05) is 18.8 Å². The van der Waals surface area contributed by atoms with E-state index in [0.29, 0.717) is 43.1 Å². The quantitative estimate of drug-likeness (QED) is 0.767. The summed E-state index contributed by atoms with van der Waals surface area (Å²) in [6.45, 7) is 2.65. The summed E-state index contributed by atoms with van der Waals surface area (Å²) >= 11 is 0. The van der Waals surface area contributed by atoms with E-state index in [2.05, 4.69) is 15.0 Å². The molecular formula is C18H19FN4O4S. The maximum atomic E-state index is 14.5. The number of anilines is 2. The summed E-state index contributed by atoms with van der Waals surface area (Å²) in [6, 6.07) is 5.24. The third kappa shape index (κ3) is 3.59. The van der Waals surface area contributed by atoms with Crippen LogP contribution >= 0.6 is 0 Å². The second-order valence-corrected chi connectivity index (χ2v) is 8.64. The molecule has 2 N–H and O–H groups in total. The normalized spacial score (nSPS) is 16.4. The number of benzene rings is 1. The number of fused-ring (bicyclic) bond motifs is 1. The number of hydrogen-bond acceptors (Lipinski definition) is 5. The van der Waals surface area contributed by atoms with E-state index in [0.717, 1.165) is 6.07 Å².